The molecule has 23 heavy (non-hydrogen) atoms. The molecule has 2 aromatic heterocycles. The molecule has 3 rings (SSSR count). The van der Waals surface area contributed by atoms with E-state index in [1.165, 1.54) is 0 Å². The Morgan fingerprint density at radius 3 is 2.57 bits per heavy atom. The topological polar surface area (TPSA) is 75.6 Å². The summed E-state index contributed by atoms with van der Waals surface area (Å²) in [6.45, 7) is 4.72. The second-order valence-electron chi connectivity index (χ2n) is 5.27. The first kappa shape index (κ1) is 14.9. The Labute approximate surface area is 135 Å². The van der Waals surface area contributed by atoms with Gasteiger partial charge in [-0.3, -0.25) is 4.98 Å². The minimum absolute atomic E-state index is 0.477. The zero-order valence-electron chi connectivity index (χ0n) is 13.1. The van der Waals surface area contributed by atoms with Gasteiger partial charge in [-0.25, -0.2) is 0 Å². The van der Waals surface area contributed by atoms with Crippen LogP contribution in [0, 0.1) is 13.8 Å². The quantitative estimate of drug-likeness (QED) is 0.753. The van der Waals surface area contributed by atoms with Crippen LogP contribution in [-0.2, 0) is 6.54 Å². The SMILES string of the molecule is Cc1cccc(C)c1Nc1cnnc(NCc2cccnc2)n1. The van der Waals surface area contributed by atoms with Gasteiger partial charge in [0.05, 0.1) is 6.20 Å². The van der Waals surface area contributed by atoms with Gasteiger partial charge in [0, 0.05) is 24.6 Å². The highest BCUT2D eigenvalue weighted by Crippen LogP contribution is 2.23. The number of para-hydroxylation sites is 1. The summed E-state index contributed by atoms with van der Waals surface area (Å²) in [6, 6.07) is 10.0. The van der Waals surface area contributed by atoms with Gasteiger partial charge in [0.1, 0.15) is 0 Å². The third-order valence-electron chi connectivity index (χ3n) is 3.47. The van der Waals surface area contributed by atoms with Crippen LogP contribution in [0.1, 0.15) is 16.7 Å². The van der Waals surface area contributed by atoms with E-state index in [1.807, 2.05) is 18.2 Å². The van der Waals surface area contributed by atoms with E-state index in [4.69, 9.17) is 0 Å². The fourth-order valence-electron chi connectivity index (χ4n) is 2.26. The fraction of sp³-hybridized carbons (Fsp3) is 0.176. The molecule has 0 saturated carbocycles. The molecule has 0 unspecified atom stereocenters. The molecule has 2 N–H and O–H groups in total. The van der Waals surface area contributed by atoms with Crippen molar-refractivity contribution in [2.45, 2.75) is 20.4 Å². The van der Waals surface area contributed by atoms with Crippen molar-refractivity contribution < 1.29 is 0 Å². The molecule has 0 fully saturated rings. The summed E-state index contributed by atoms with van der Waals surface area (Å²) in [5.74, 6) is 1.14. The lowest BCUT2D eigenvalue weighted by atomic mass is 10.1. The third-order valence-corrected chi connectivity index (χ3v) is 3.47. The van der Waals surface area contributed by atoms with E-state index in [0.717, 1.165) is 22.4 Å². The molecular weight excluding hydrogens is 288 g/mol. The molecule has 0 atom stereocenters. The molecule has 0 bridgehead atoms. The highest BCUT2D eigenvalue weighted by Gasteiger charge is 2.05. The molecule has 0 amide bonds. The van der Waals surface area contributed by atoms with Crippen molar-refractivity contribution in [2.75, 3.05) is 10.6 Å². The summed E-state index contributed by atoms with van der Waals surface area (Å²) in [6.07, 6.45) is 5.16. The molecule has 0 radical (unpaired) electrons. The van der Waals surface area contributed by atoms with Crippen LogP contribution in [0.15, 0.2) is 48.9 Å². The number of rotatable bonds is 5. The maximum atomic E-state index is 4.45. The Morgan fingerprint density at radius 1 is 1.00 bits per heavy atom. The molecule has 0 saturated heterocycles. The normalized spacial score (nSPS) is 10.3. The number of nitrogens with zero attached hydrogens (tertiary/aromatic N) is 4. The summed E-state index contributed by atoms with van der Waals surface area (Å²) in [7, 11) is 0. The molecule has 1 aromatic carbocycles. The van der Waals surface area contributed by atoms with Gasteiger partial charge in [0.15, 0.2) is 5.82 Å². The van der Waals surface area contributed by atoms with Gasteiger partial charge >= 0.3 is 0 Å². The molecule has 6 nitrogen and oxygen atoms in total. The van der Waals surface area contributed by atoms with Gasteiger partial charge < -0.3 is 10.6 Å². The van der Waals surface area contributed by atoms with E-state index in [1.54, 1.807) is 18.6 Å². The zero-order valence-corrected chi connectivity index (χ0v) is 13.1. The highest BCUT2D eigenvalue weighted by molar-refractivity contribution is 5.64. The molecule has 116 valence electrons. The fourth-order valence-corrected chi connectivity index (χ4v) is 2.26. The van der Waals surface area contributed by atoms with Crippen LogP contribution in [0.4, 0.5) is 17.5 Å². The molecule has 3 aromatic rings. The minimum atomic E-state index is 0.477. The average molecular weight is 306 g/mol. The first-order chi connectivity index (χ1) is 11.2. The number of anilines is 3. The summed E-state index contributed by atoms with van der Waals surface area (Å²) >= 11 is 0. The Bertz CT molecular complexity index is 768. The lowest BCUT2D eigenvalue weighted by Gasteiger charge is -2.12. The van der Waals surface area contributed by atoms with Gasteiger partial charge in [-0.15, -0.1) is 5.10 Å². The summed E-state index contributed by atoms with van der Waals surface area (Å²) < 4.78 is 0. The van der Waals surface area contributed by atoms with Crippen LogP contribution in [0.3, 0.4) is 0 Å². The number of hydrogen-bond donors (Lipinski definition) is 2. The average Bonchev–Trinajstić information content (AvgIpc) is 2.58. The van der Waals surface area contributed by atoms with Crippen molar-refractivity contribution in [1.29, 1.82) is 0 Å². The maximum absolute atomic E-state index is 4.45. The molecule has 0 aliphatic carbocycles. The lowest BCUT2D eigenvalue weighted by Crippen LogP contribution is -2.07. The van der Waals surface area contributed by atoms with Crippen LogP contribution in [-0.4, -0.2) is 20.2 Å². The van der Waals surface area contributed by atoms with Crippen molar-refractivity contribution in [2.24, 2.45) is 0 Å². The van der Waals surface area contributed by atoms with Gasteiger partial charge in [-0.1, -0.05) is 24.3 Å². The van der Waals surface area contributed by atoms with E-state index in [-0.39, 0.29) is 0 Å². The van der Waals surface area contributed by atoms with Crippen LogP contribution in [0.25, 0.3) is 0 Å². The number of nitrogens with one attached hydrogen (secondary N) is 2. The molecule has 0 aliphatic heterocycles. The Hall–Kier alpha value is -3.02. The summed E-state index contributed by atoms with van der Waals surface area (Å²) in [5, 5.41) is 14.5. The number of hydrogen-bond acceptors (Lipinski definition) is 6. The van der Waals surface area contributed by atoms with E-state index in [2.05, 4.69) is 56.8 Å². The number of pyridine rings is 1. The van der Waals surface area contributed by atoms with Crippen LogP contribution >= 0.6 is 0 Å². The van der Waals surface area contributed by atoms with E-state index in [0.29, 0.717) is 18.3 Å². The van der Waals surface area contributed by atoms with Gasteiger partial charge in [-0.05, 0) is 36.6 Å². The molecule has 2 heterocycles. The number of benzene rings is 1. The minimum Gasteiger partial charge on any atom is -0.349 e. The molecule has 0 spiro atoms. The molecular formula is C17H18N6. The monoisotopic (exact) mass is 306 g/mol. The number of aromatic nitrogens is 4. The predicted octanol–water partition coefficient (Wildman–Crippen LogP) is 3.24. The van der Waals surface area contributed by atoms with Crippen molar-refractivity contribution in [1.82, 2.24) is 20.2 Å². The lowest BCUT2D eigenvalue weighted by molar-refractivity contribution is 0.946. The van der Waals surface area contributed by atoms with Crippen LogP contribution in [0.2, 0.25) is 0 Å². The smallest absolute Gasteiger partial charge is 0.244 e. The Kier molecular flexibility index (Phi) is 4.42. The van der Waals surface area contributed by atoms with Crippen LogP contribution in [0.5, 0.6) is 0 Å². The Balaban J connectivity index is 1.72. The summed E-state index contributed by atoms with van der Waals surface area (Å²) in [4.78, 5) is 8.53. The van der Waals surface area contributed by atoms with E-state index in [9.17, 15) is 0 Å². The second-order valence-corrected chi connectivity index (χ2v) is 5.27. The van der Waals surface area contributed by atoms with Crippen molar-refractivity contribution in [3.63, 3.8) is 0 Å². The van der Waals surface area contributed by atoms with E-state index < -0.39 is 0 Å². The zero-order chi connectivity index (χ0) is 16.1. The van der Waals surface area contributed by atoms with Crippen molar-refractivity contribution in [3.05, 3.63) is 65.6 Å². The van der Waals surface area contributed by atoms with Gasteiger partial charge in [0.25, 0.3) is 0 Å². The number of aryl methyl sites for hydroxylation is 2. The van der Waals surface area contributed by atoms with Crippen molar-refractivity contribution >= 4 is 17.5 Å². The third kappa shape index (κ3) is 3.79. The van der Waals surface area contributed by atoms with E-state index >= 15 is 0 Å². The van der Waals surface area contributed by atoms with Gasteiger partial charge in [-0.2, -0.15) is 10.1 Å². The van der Waals surface area contributed by atoms with Crippen LogP contribution < -0.4 is 10.6 Å². The van der Waals surface area contributed by atoms with Crippen molar-refractivity contribution in [3.8, 4) is 0 Å². The first-order valence-corrected chi connectivity index (χ1v) is 7.38. The van der Waals surface area contributed by atoms with Gasteiger partial charge in [0.2, 0.25) is 5.95 Å². The molecule has 6 heteroatoms. The second kappa shape index (κ2) is 6.83. The molecule has 0 aliphatic rings. The Morgan fingerprint density at radius 2 is 1.83 bits per heavy atom. The highest BCUT2D eigenvalue weighted by atomic mass is 15.3. The maximum Gasteiger partial charge on any atom is 0.244 e. The standard InChI is InChI=1S/C17H18N6/c1-12-5-3-6-13(2)16(12)21-15-11-20-23-17(22-15)19-10-14-7-4-8-18-9-14/h3-9,11H,10H2,1-2H3,(H2,19,21,22,23). The largest absolute Gasteiger partial charge is 0.349 e. The summed E-state index contributed by atoms with van der Waals surface area (Å²) in [5.41, 5.74) is 4.43. The first-order valence-electron chi connectivity index (χ1n) is 7.38. The predicted molar refractivity (Wildman–Crippen MR) is 90.6 cm³/mol.